The van der Waals surface area contributed by atoms with Crippen molar-refractivity contribution in [3.05, 3.63) is 0 Å². The zero-order valence-electron chi connectivity index (χ0n) is 8.57. The Morgan fingerprint density at radius 1 is 1.21 bits per heavy atom. The van der Waals surface area contributed by atoms with Crippen LogP contribution >= 0.6 is 11.8 Å². The monoisotopic (exact) mass is 217 g/mol. The average molecular weight is 217 g/mol. The summed E-state index contributed by atoms with van der Waals surface area (Å²) >= 11 is 1.96. The number of β-amino-alcohol motifs (C(OH)–C–C–N with tert-alkyl or cyclic N) is 1. The van der Waals surface area contributed by atoms with Crippen LogP contribution in [0.25, 0.3) is 0 Å². The highest BCUT2D eigenvalue weighted by atomic mass is 32.2. The molecule has 4 heteroatoms. The Hall–Kier alpha value is 0.230. The number of morpholine rings is 1. The maximum atomic E-state index is 10.3. The number of hydrogen-bond donors (Lipinski definition) is 1. The summed E-state index contributed by atoms with van der Waals surface area (Å²) in [6.07, 6.45) is 1.91. The maximum Gasteiger partial charge on any atom is 0.0789 e. The van der Waals surface area contributed by atoms with E-state index in [1.807, 2.05) is 11.8 Å². The normalized spacial score (nSPS) is 28.9. The van der Waals surface area contributed by atoms with E-state index in [1.165, 1.54) is 0 Å². The van der Waals surface area contributed by atoms with Crippen molar-refractivity contribution in [2.24, 2.45) is 0 Å². The molecule has 2 heterocycles. The van der Waals surface area contributed by atoms with E-state index in [1.54, 1.807) is 0 Å². The highest BCUT2D eigenvalue weighted by Gasteiger charge is 2.31. The van der Waals surface area contributed by atoms with Gasteiger partial charge in [-0.1, -0.05) is 0 Å². The Morgan fingerprint density at radius 2 is 1.86 bits per heavy atom. The third-order valence-corrected chi connectivity index (χ3v) is 4.03. The average Bonchev–Trinajstić information content (AvgIpc) is 2.19. The zero-order chi connectivity index (χ0) is 9.86. The minimum absolute atomic E-state index is 0.414. The van der Waals surface area contributed by atoms with Gasteiger partial charge in [0, 0.05) is 19.6 Å². The van der Waals surface area contributed by atoms with E-state index in [9.17, 15) is 5.11 Å². The lowest BCUT2D eigenvalue weighted by atomic mass is 9.96. The lowest BCUT2D eigenvalue weighted by Crippen LogP contribution is -2.49. The summed E-state index contributed by atoms with van der Waals surface area (Å²) in [5.41, 5.74) is -0.414. The molecule has 3 nitrogen and oxygen atoms in total. The maximum absolute atomic E-state index is 10.3. The predicted octanol–water partition coefficient (Wildman–Crippen LogP) is 0.577. The van der Waals surface area contributed by atoms with Crippen LogP contribution in [0.4, 0.5) is 0 Å². The molecule has 0 atom stereocenters. The molecular formula is C10H19NO2S. The molecule has 0 saturated carbocycles. The van der Waals surface area contributed by atoms with E-state index < -0.39 is 5.60 Å². The molecule has 1 N–H and O–H groups in total. The lowest BCUT2D eigenvalue weighted by Gasteiger charge is -2.38. The predicted molar refractivity (Wildman–Crippen MR) is 58.8 cm³/mol. The van der Waals surface area contributed by atoms with Gasteiger partial charge in [-0.3, -0.25) is 4.90 Å². The number of aliphatic hydroxyl groups is 1. The van der Waals surface area contributed by atoms with Crippen molar-refractivity contribution in [3.63, 3.8) is 0 Å². The number of hydrogen-bond acceptors (Lipinski definition) is 4. The summed E-state index contributed by atoms with van der Waals surface area (Å²) < 4.78 is 5.29. The minimum atomic E-state index is -0.414. The van der Waals surface area contributed by atoms with Gasteiger partial charge in [-0.15, -0.1) is 0 Å². The molecule has 0 aromatic rings. The first kappa shape index (κ1) is 10.7. The molecule has 82 valence electrons. The fourth-order valence-corrected chi connectivity index (χ4v) is 3.34. The van der Waals surface area contributed by atoms with Gasteiger partial charge in [0.1, 0.15) is 0 Å². The van der Waals surface area contributed by atoms with Crippen LogP contribution in [0.3, 0.4) is 0 Å². The molecule has 14 heavy (non-hydrogen) atoms. The number of thioether (sulfide) groups is 1. The molecule has 0 aliphatic carbocycles. The lowest BCUT2D eigenvalue weighted by molar-refractivity contribution is -0.0360. The van der Waals surface area contributed by atoms with Crippen LogP contribution in [0.5, 0.6) is 0 Å². The first-order chi connectivity index (χ1) is 6.79. The number of rotatable bonds is 2. The summed E-state index contributed by atoms with van der Waals surface area (Å²) in [6.45, 7) is 4.46. The molecule has 2 fully saturated rings. The van der Waals surface area contributed by atoms with E-state index >= 15 is 0 Å². The summed E-state index contributed by atoms with van der Waals surface area (Å²) in [6, 6.07) is 0. The van der Waals surface area contributed by atoms with E-state index in [0.717, 1.165) is 57.2 Å². The molecule has 0 unspecified atom stereocenters. The van der Waals surface area contributed by atoms with Crippen LogP contribution < -0.4 is 0 Å². The van der Waals surface area contributed by atoms with Crippen LogP contribution in [0.15, 0.2) is 0 Å². The van der Waals surface area contributed by atoms with Gasteiger partial charge in [0.25, 0.3) is 0 Å². The van der Waals surface area contributed by atoms with Gasteiger partial charge in [0.2, 0.25) is 0 Å². The largest absolute Gasteiger partial charge is 0.388 e. The molecule has 2 rings (SSSR count). The van der Waals surface area contributed by atoms with Crippen LogP contribution in [0.2, 0.25) is 0 Å². The van der Waals surface area contributed by atoms with Crippen molar-refractivity contribution in [1.29, 1.82) is 0 Å². The van der Waals surface area contributed by atoms with Gasteiger partial charge in [-0.2, -0.15) is 11.8 Å². The SMILES string of the molecule is OC1(CN2CCOCC2)CCSCC1. The molecule has 0 spiro atoms. The fourth-order valence-electron chi connectivity index (χ4n) is 2.08. The second kappa shape index (κ2) is 4.84. The van der Waals surface area contributed by atoms with Gasteiger partial charge >= 0.3 is 0 Å². The number of nitrogens with zero attached hydrogens (tertiary/aromatic N) is 1. The highest BCUT2D eigenvalue weighted by Crippen LogP contribution is 2.27. The van der Waals surface area contributed by atoms with Gasteiger partial charge < -0.3 is 9.84 Å². The third kappa shape index (κ3) is 2.86. The van der Waals surface area contributed by atoms with Crippen LogP contribution in [-0.2, 0) is 4.74 Å². The quantitative estimate of drug-likeness (QED) is 0.733. The topological polar surface area (TPSA) is 32.7 Å². The molecule has 0 bridgehead atoms. The van der Waals surface area contributed by atoms with Crippen molar-refractivity contribution in [3.8, 4) is 0 Å². The van der Waals surface area contributed by atoms with Crippen LogP contribution in [0.1, 0.15) is 12.8 Å². The van der Waals surface area contributed by atoms with Crippen LogP contribution in [-0.4, -0.2) is 60.0 Å². The Morgan fingerprint density at radius 3 is 2.50 bits per heavy atom. The van der Waals surface area contributed by atoms with Crippen molar-refractivity contribution >= 4 is 11.8 Å². The van der Waals surface area contributed by atoms with Crippen molar-refractivity contribution < 1.29 is 9.84 Å². The summed E-state index contributed by atoms with van der Waals surface area (Å²) in [5.74, 6) is 2.22. The third-order valence-electron chi connectivity index (χ3n) is 3.05. The second-order valence-electron chi connectivity index (χ2n) is 4.23. The van der Waals surface area contributed by atoms with Crippen molar-refractivity contribution in [1.82, 2.24) is 4.90 Å². The van der Waals surface area contributed by atoms with Gasteiger partial charge in [-0.25, -0.2) is 0 Å². The van der Waals surface area contributed by atoms with E-state index in [4.69, 9.17) is 4.74 Å². The molecular weight excluding hydrogens is 198 g/mol. The standard InChI is InChI=1S/C10H19NO2S/c12-10(1-7-14-8-2-10)9-11-3-5-13-6-4-11/h12H,1-9H2. The first-order valence-corrected chi connectivity index (χ1v) is 6.54. The minimum Gasteiger partial charge on any atom is -0.388 e. The molecule has 0 amide bonds. The molecule has 2 aliphatic rings. The van der Waals surface area contributed by atoms with E-state index in [2.05, 4.69) is 4.90 Å². The zero-order valence-corrected chi connectivity index (χ0v) is 9.39. The van der Waals surface area contributed by atoms with Crippen molar-refractivity contribution in [2.75, 3.05) is 44.4 Å². The Kier molecular flexibility index (Phi) is 3.71. The summed E-state index contributed by atoms with van der Waals surface area (Å²) in [5, 5.41) is 10.3. The van der Waals surface area contributed by atoms with E-state index in [0.29, 0.717) is 0 Å². The number of ether oxygens (including phenoxy) is 1. The Labute approximate surface area is 89.8 Å². The van der Waals surface area contributed by atoms with Crippen molar-refractivity contribution in [2.45, 2.75) is 18.4 Å². The Bertz CT molecular complexity index is 177. The molecule has 2 saturated heterocycles. The van der Waals surface area contributed by atoms with Gasteiger partial charge in [0.15, 0.2) is 0 Å². The van der Waals surface area contributed by atoms with Gasteiger partial charge in [-0.05, 0) is 24.3 Å². The first-order valence-electron chi connectivity index (χ1n) is 5.39. The van der Waals surface area contributed by atoms with E-state index in [-0.39, 0.29) is 0 Å². The van der Waals surface area contributed by atoms with Crippen LogP contribution in [0, 0.1) is 0 Å². The fraction of sp³-hybridized carbons (Fsp3) is 1.00. The smallest absolute Gasteiger partial charge is 0.0789 e. The molecule has 2 aliphatic heterocycles. The molecule has 0 aromatic carbocycles. The second-order valence-corrected chi connectivity index (χ2v) is 5.45. The van der Waals surface area contributed by atoms with Gasteiger partial charge in [0.05, 0.1) is 18.8 Å². The Balaban J connectivity index is 1.81. The molecule has 0 radical (unpaired) electrons. The highest BCUT2D eigenvalue weighted by molar-refractivity contribution is 7.99. The summed E-state index contributed by atoms with van der Waals surface area (Å²) in [7, 11) is 0. The molecule has 0 aromatic heterocycles. The summed E-state index contributed by atoms with van der Waals surface area (Å²) in [4.78, 5) is 2.33.